The summed E-state index contributed by atoms with van der Waals surface area (Å²) in [5.41, 5.74) is 7.05. The van der Waals surface area contributed by atoms with Gasteiger partial charge in [0.2, 0.25) is 5.91 Å². The molecule has 1 aliphatic rings. The Labute approximate surface area is 123 Å². The van der Waals surface area contributed by atoms with E-state index in [1.54, 1.807) is 0 Å². The Hall–Kier alpha value is -2.08. The Bertz CT molecular complexity index is 545. The van der Waals surface area contributed by atoms with Crippen LogP contribution >= 0.6 is 0 Å². The van der Waals surface area contributed by atoms with Crippen molar-refractivity contribution in [2.45, 2.75) is 38.5 Å². The van der Waals surface area contributed by atoms with E-state index in [0.717, 1.165) is 11.1 Å². The average Bonchev–Trinajstić information content (AvgIpc) is 2.72. The van der Waals surface area contributed by atoms with E-state index in [4.69, 9.17) is 5.73 Å². The molecular formula is C15H21N3O3. The van der Waals surface area contributed by atoms with Gasteiger partial charge in [0.15, 0.2) is 0 Å². The van der Waals surface area contributed by atoms with Crippen molar-refractivity contribution in [2.24, 2.45) is 11.7 Å². The number of aliphatic hydroxyl groups excluding tert-OH is 1. The summed E-state index contributed by atoms with van der Waals surface area (Å²) in [6.07, 6.45) is -0.149. The number of carbonyl (C=O) groups excluding carboxylic acids is 2. The second-order valence-electron chi connectivity index (χ2n) is 5.69. The number of benzene rings is 1. The highest BCUT2D eigenvalue weighted by Gasteiger charge is 2.34. The van der Waals surface area contributed by atoms with Gasteiger partial charge >= 0.3 is 6.03 Å². The van der Waals surface area contributed by atoms with Crippen LogP contribution in [0.3, 0.4) is 0 Å². The Balaban J connectivity index is 2.13. The number of rotatable bonds is 4. The van der Waals surface area contributed by atoms with Gasteiger partial charge in [-0.3, -0.25) is 4.79 Å². The summed E-state index contributed by atoms with van der Waals surface area (Å²) in [6.45, 7) is 3.64. The van der Waals surface area contributed by atoms with E-state index in [9.17, 15) is 14.7 Å². The Morgan fingerprint density at radius 3 is 2.62 bits per heavy atom. The van der Waals surface area contributed by atoms with Crippen LogP contribution in [0, 0.1) is 5.92 Å². The van der Waals surface area contributed by atoms with Crippen LogP contribution in [0.4, 0.5) is 4.79 Å². The number of hydrogen-bond acceptors (Lipinski definition) is 3. The van der Waals surface area contributed by atoms with E-state index in [0.29, 0.717) is 6.42 Å². The minimum atomic E-state index is -0.740. The molecule has 6 heteroatoms. The van der Waals surface area contributed by atoms with Crippen LogP contribution in [0.2, 0.25) is 0 Å². The third-order valence-corrected chi connectivity index (χ3v) is 3.75. The summed E-state index contributed by atoms with van der Waals surface area (Å²) in [4.78, 5) is 23.3. The smallest absolute Gasteiger partial charge is 0.312 e. The highest BCUT2D eigenvalue weighted by atomic mass is 16.3. The Morgan fingerprint density at radius 1 is 1.33 bits per heavy atom. The third-order valence-electron chi connectivity index (χ3n) is 3.75. The normalized spacial score (nSPS) is 21.7. The van der Waals surface area contributed by atoms with Gasteiger partial charge in [-0.25, -0.2) is 4.79 Å². The molecule has 1 aromatic carbocycles. The summed E-state index contributed by atoms with van der Waals surface area (Å²) >= 11 is 0. The number of carbonyl (C=O) groups is 2. The van der Waals surface area contributed by atoms with Gasteiger partial charge in [-0.15, -0.1) is 0 Å². The van der Waals surface area contributed by atoms with Gasteiger partial charge in [-0.1, -0.05) is 38.1 Å². The maximum atomic E-state index is 12.3. The molecule has 1 unspecified atom stereocenters. The van der Waals surface area contributed by atoms with Gasteiger partial charge in [-0.05, 0) is 17.0 Å². The molecular weight excluding hydrogens is 270 g/mol. The lowest BCUT2D eigenvalue weighted by Crippen LogP contribution is -2.52. The van der Waals surface area contributed by atoms with Crippen molar-refractivity contribution in [2.75, 3.05) is 0 Å². The first-order valence-corrected chi connectivity index (χ1v) is 7.02. The van der Waals surface area contributed by atoms with Gasteiger partial charge in [0.1, 0.15) is 6.04 Å². The van der Waals surface area contributed by atoms with E-state index < -0.39 is 24.2 Å². The molecule has 1 aromatic rings. The molecule has 2 rings (SSSR count). The lowest BCUT2D eigenvalue weighted by Gasteiger charge is -2.25. The number of nitrogens with two attached hydrogens (primary N) is 1. The van der Waals surface area contributed by atoms with Gasteiger partial charge in [0, 0.05) is 6.42 Å². The second-order valence-corrected chi connectivity index (χ2v) is 5.69. The minimum absolute atomic E-state index is 0.105. The van der Waals surface area contributed by atoms with E-state index in [1.807, 2.05) is 38.1 Å². The van der Waals surface area contributed by atoms with Crippen molar-refractivity contribution in [1.29, 1.82) is 0 Å². The first kappa shape index (κ1) is 15.3. The van der Waals surface area contributed by atoms with Crippen LogP contribution in [-0.4, -0.2) is 29.2 Å². The monoisotopic (exact) mass is 291 g/mol. The molecule has 0 spiro atoms. The van der Waals surface area contributed by atoms with E-state index in [2.05, 4.69) is 10.6 Å². The molecule has 1 aliphatic carbocycles. The zero-order valence-corrected chi connectivity index (χ0v) is 12.2. The van der Waals surface area contributed by atoms with Crippen molar-refractivity contribution in [3.05, 3.63) is 35.4 Å². The van der Waals surface area contributed by atoms with Crippen LogP contribution in [0.5, 0.6) is 0 Å². The Morgan fingerprint density at radius 2 is 2.00 bits per heavy atom. The molecule has 3 atom stereocenters. The first-order chi connectivity index (χ1) is 9.90. The summed E-state index contributed by atoms with van der Waals surface area (Å²) in [7, 11) is 0. The van der Waals surface area contributed by atoms with Crippen LogP contribution in [0.1, 0.15) is 31.0 Å². The molecule has 6 nitrogen and oxygen atoms in total. The largest absolute Gasteiger partial charge is 0.390 e. The van der Waals surface area contributed by atoms with Gasteiger partial charge in [0.25, 0.3) is 0 Å². The molecule has 21 heavy (non-hydrogen) atoms. The van der Waals surface area contributed by atoms with E-state index in [1.165, 1.54) is 0 Å². The topological polar surface area (TPSA) is 104 Å². The summed E-state index contributed by atoms with van der Waals surface area (Å²) < 4.78 is 0. The standard InChI is InChI=1S/C15H21N3O3/c1-8(2)12(18-15(16)21)14(20)17-13-10-6-4-3-5-9(10)7-11(13)19/h3-6,8,11-13,19H,7H2,1-2H3,(H,17,20)(H3,16,18,21)/t11-,12?,13+/m1/s1. The van der Waals surface area contributed by atoms with Crippen LogP contribution < -0.4 is 16.4 Å². The molecule has 0 aliphatic heterocycles. The second kappa shape index (κ2) is 6.13. The van der Waals surface area contributed by atoms with E-state index in [-0.39, 0.29) is 11.8 Å². The van der Waals surface area contributed by atoms with Gasteiger partial charge < -0.3 is 21.5 Å². The number of urea groups is 1. The van der Waals surface area contributed by atoms with Crippen LogP contribution in [-0.2, 0) is 11.2 Å². The maximum Gasteiger partial charge on any atom is 0.312 e. The predicted molar refractivity (Wildman–Crippen MR) is 78.4 cm³/mol. The zero-order valence-electron chi connectivity index (χ0n) is 12.2. The molecule has 0 radical (unpaired) electrons. The molecule has 0 fully saturated rings. The zero-order chi connectivity index (χ0) is 15.6. The van der Waals surface area contributed by atoms with Crippen molar-refractivity contribution in [3.8, 4) is 0 Å². The number of fused-ring (bicyclic) bond motifs is 1. The molecule has 0 saturated carbocycles. The average molecular weight is 291 g/mol. The fourth-order valence-corrected chi connectivity index (χ4v) is 2.68. The van der Waals surface area contributed by atoms with Crippen LogP contribution in [0.25, 0.3) is 0 Å². The molecule has 0 bridgehead atoms. The highest BCUT2D eigenvalue weighted by Crippen LogP contribution is 2.31. The lowest BCUT2D eigenvalue weighted by atomic mass is 10.0. The lowest BCUT2D eigenvalue weighted by molar-refractivity contribution is -0.125. The van der Waals surface area contributed by atoms with Crippen molar-refractivity contribution in [1.82, 2.24) is 10.6 Å². The molecule has 0 saturated heterocycles. The SMILES string of the molecule is CC(C)C(NC(N)=O)C(=O)N[C@H]1c2ccccc2C[C@H]1O. The van der Waals surface area contributed by atoms with Crippen molar-refractivity contribution in [3.63, 3.8) is 0 Å². The quantitative estimate of drug-likeness (QED) is 0.647. The van der Waals surface area contributed by atoms with Crippen LogP contribution in [0.15, 0.2) is 24.3 Å². The minimum Gasteiger partial charge on any atom is -0.390 e. The van der Waals surface area contributed by atoms with Gasteiger partial charge in [-0.2, -0.15) is 0 Å². The number of aliphatic hydroxyl groups is 1. The molecule has 3 amide bonds. The molecule has 0 aromatic heterocycles. The van der Waals surface area contributed by atoms with Crippen molar-refractivity contribution >= 4 is 11.9 Å². The molecule has 0 heterocycles. The fraction of sp³-hybridized carbons (Fsp3) is 0.467. The summed E-state index contributed by atoms with van der Waals surface area (Å²) in [6, 6.07) is 5.69. The number of nitrogens with one attached hydrogen (secondary N) is 2. The summed E-state index contributed by atoms with van der Waals surface area (Å²) in [5, 5.41) is 15.4. The number of hydrogen-bond donors (Lipinski definition) is 4. The molecule has 114 valence electrons. The van der Waals surface area contributed by atoms with Gasteiger partial charge in [0.05, 0.1) is 12.1 Å². The molecule has 5 N–H and O–H groups in total. The first-order valence-electron chi connectivity index (χ1n) is 7.02. The number of primary amides is 1. The summed E-state index contributed by atoms with van der Waals surface area (Å²) in [5.74, 6) is -0.448. The predicted octanol–water partition coefficient (Wildman–Crippen LogP) is 0.454. The van der Waals surface area contributed by atoms with Crippen molar-refractivity contribution < 1.29 is 14.7 Å². The maximum absolute atomic E-state index is 12.3. The van der Waals surface area contributed by atoms with E-state index >= 15 is 0 Å². The number of amides is 3. The third kappa shape index (κ3) is 3.33. The fourth-order valence-electron chi connectivity index (χ4n) is 2.68. The highest BCUT2D eigenvalue weighted by molar-refractivity contribution is 5.87. The Kier molecular flexibility index (Phi) is 4.47.